The summed E-state index contributed by atoms with van der Waals surface area (Å²) in [7, 11) is -3.64. The molecule has 1 saturated heterocycles. The Morgan fingerprint density at radius 1 is 1.44 bits per heavy atom. The van der Waals surface area contributed by atoms with Crippen LogP contribution in [-0.2, 0) is 10.0 Å². The van der Waals surface area contributed by atoms with E-state index in [0.29, 0.717) is 6.54 Å². The second kappa shape index (κ2) is 6.21. The quantitative estimate of drug-likeness (QED) is 0.800. The van der Waals surface area contributed by atoms with Gasteiger partial charge >= 0.3 is 6.18 Å². The maximum atomic E-state index is 12.1. The lowest BCUT2D eigenvalue weighted by molar-refractivity contribution is -0.137. The van der Waals surface area contributed by atoms with Crippen LogP contribution in [0.3, 0.4) is 0 Å². The minimum Gasteiger partial charge on any atom is -0.316 e. The van der Waals surface area contributed by atoms with E-state index in [1.54, 1.807) is 0 Å². The van der Waals surface area contributed by atoms with Gasteiger partial charge in [-0.1, -0.05) is 0 Å². The molecule has 0 aromatic carbocycles. The highest BCUT2D eigenvalue weighted by Gasteiger charge is 2.32. The molecule has 1 aliphatic rings. The average molecular weight is 288 g/mol. The van der Waals surface area contributed by atoms with Crippen molar-refractivity contribution in [3.63, 3.8) is 0 Å². The van der Waals surface area contributed by atoms with Crippen LogP contribution in [0.1, 0.15) is 26.2 Å². The van der Waals surface area contributed by atoms with Gasteiger partial charge in [0.2, 0.25) is 10.0 Å². The van der Waals surface area contributed by atoms with E-state index in [1.807, 2.05) is 0 Å². The molecule has 1 fully saturated rings. The zero-order valence-electron chi connectivity index (χ0n) is 10.3. The van der Waals surface area contributed by atoms with E-state index in [-0.39, 0.29) is 11.7 Å². The Balaban J connectivity index is 2.43. The van der Waals surface area contributed by atoms with E-state index in [2.05, 4.69) is 10.0 Å². The van der Waals surface area contributed by atoms with Crippen LogP contribution in [-0.4, -0.2) is 39.5 Å². The molecule has 0 aromatic rings. The van der Waals surface area contributed by atoms with Gasteiger partial charge in [0.1, 0.15) is 0 Å². The van der Waals surface area contributed by atoms with Crippen molar-refractivity contribution in [1.82, 2.24) is 10.0 Å². The molecular formula is C10H19F3N2O2S. The zero-order valence-corrected chi connectivity index (χ0v) is 11.1. The fraction of sp³-hybridized carbons (Fsp3) is 1.00. The van der Waals surface area contributed by atoms with Crippen LogP contribution in [0.2, 0.25) is 0 Å². The Kier molecular flexibility index (Phi) is 5.42. The van der Waals surface area contributed by atoms with Gasteiger partial charge < -0.3 is 5.32 Å². The summed E-state index contributed by atoms with van der Waals surface area (Å²) >= 11 is 0. The molecule has 2 atom stereocenters. The minimum atomic E-state index is -4.35. The summed E-state index contributed by atoms with van der Waals surface area (Å²) in [6, 6.07) is -1.12. The smallest absolute Gasteiger partial charge is 0.316 e. The van der Waals surface area contributed by atoms with Crippen LogP contribution in [0.25, 0.3) is 0 Å². The second-order valence-electron chi connectivity index (χ2n) is 4.83. The van der Waals surface area contributed by atoms with Crippen LogP contribution in [0.15, 0.2) is 0 Å². The summed E-state index contributed by atoms with van der Waals surface area (Å²) in [6.45, 7) is 2.70. The molecule has 4 nitrogen and oxygen atoms in total. The maximum absolute atomic E-state index is 12.1. The Hall–Kier alpha value is -0.340. The molecule has 8 heteroatoms. The third-order valence-corrected chi connectivity index (χ3v) is 4.44. The van der Waals surface area contributed by atoms with Crippen molar-refractivity contribution in [3.8, 4) is 0 Å². The van der Waals surface area contributed by atoms with Gasteiger partial charge in [-0.25, -0.2) is 13.1 Å². The summed E-state index contributed by atoms with van der Waals surface area (Å²) in [6.07, 6.45) is -3.80. The zero-order chi connectivity index (χ0) is 13.8. The fourth-order valence-corrected chi connectivity index (χ4v) is 3.82. The maximum Gasteiger partial charge on any atom is 0.390 e. The first-order chi connectivity index (χ1) is 8.18. The van der Waals surface area contributed by atoms with Crippen LogP contribution >= 0.6 is 0 Å². The van der Waals surface area contributed by atoms with Gasteiger partial charge in [0.15, 0.2) is 0 Å². The van der Waals surface area contributed by atoms with E-state index in [0.717, 1.165) is 19.4 Å². The molecule has 1 rings (SSSR count). The molecular weight excluding hydrogens is 269 g/mol. The van der Waals surface area contributed by atoms with Gasteiger partial charge in [-0.05, 0) is 38.8 Å². The van der Waals surface area contributed by atoms with Gasteiger partial charge in [-0.15, -0.1) is 0 Å². The molecule has 18 heavy (non-hydrogen) atoms. The van der Waals surface area contributed by atoms with Crippen molar-refractivity contribution in [2.24, 2.45) is 5.92 Å². The van der Waals surface area contributed by atoms with Crippen LogP contribution < -0.4 is 10.0 Å². The Morgan fingerprint density at radius 3 is 2.61 bits per heavy atom. The average Bonchev–Trinajstić information content (AvgIpc) is 2.13. The number of hydrogen-bond donors (Lipinski definition) is 2. The fourth-order valence-electron chi connectivity index (χ4n) is 2.12. The van der Waals surface area contributed by atoms with Gasteiger partial charge in [0, 0.05) is 6.04 Å². The third-order valence-electron chi connectivity index (χ3n) is 2.77. The number of nitrogens with one attached hydrogen (secondary N) is 2. The summed E-state index contributed by atoms with van der Waals surface area (Å²) in [5.41, 5.74) is 0. The van der Waals surface area contributed by atoms with Crippen molar-refractivity contribution < 1.29 is 21.6 Å². The largest absolute Gasteiger partial charge is 0.390 e. The summed E-state index contributed by atoms with van der Waals surface area (Å²) < 4.78 is 61.7. The van der Waals surface area contributed by atoms with Gasteiger partial charge in [-0.2, -0.15) is 13.2 Å². The number of sulfonamides is 1. The molecule has 108 valence electrons. The lowest BCUT2D eigenvalue weighted by atomic mass is 10.0. The number of alkyl halides is 3. The standard InChI is InChI=1S/C10H19F3N2O2S/c1-8(5-10(11,12)13)15-18(16,17)7-9-3-2-4-14-6-9/h8-9,14-15H,2-7H2,1H3. The predicted octanol–water partition coefficient (Wildman–Crippen LogP) is 1.25. The van der Waals surface area contributed by atoms with Crippen molar-refractivity contribution >= 4 is 10.0 Å². The van der Waals surface area contributed by atoms with Crippen LogP contribution in [0, 0.1) is 5.92 Å². The highest BCUT2D eigenvalue weighted by molar-refractivity contribution is 7.89. The lowest BCUT2D eigenvalue weighted by Crippen LogP contribution is -2.41. The molecule has 0 aromatic heterocycles. The molecule has 0 spiro atoms. The van der Waals surface area contributed by atoms with E-state index in [9.17, 15) is 21.6 Å². The summed E-state index contributed by atoms with van der Waals surface area (Å²) in [4.78, 5) is 0. The number of halogens is 3. The van der Waals surface area contributed by atoms with E-state index in [1.165, 1.54) is 6.92 Å². The molecule has 1 heterocycles. The number of rotatable bonds is 5. The molecule has 0 amide bonds. The first-order valence-electron chi connectivity index (χ1n) is 5.95. The topological polar surface area (TPSA) is 58.2 Å². The van der Waals surface area contributed by atoms with Crippen molar-refractivity contribution in [1.29, 1.82) is 0 Å². The van der Waals surface area contributed by atoms with Gasteiger partial charge in [-0.3, -0.25) is 0 Å². The molecule has 2 N–H and O–H groups in total. The van der Waals surface area contributed by atoms with E-state index >= 15 is 0 Å². The van der Waals surface area contributed by atoms with E-state index < -0.39 is 28.7 Å². The first-order valence-corrected chi connectivity index (χ1v) is 7.61. The monoisotopic (exact) mass is 288 g/mol. The molecule has 0 bridgehead atoms. The molecule has 0 radical (unpaired) electrons. The summed E-state index contributed by atoms with van der Waals surface area (Å²) in [5.74, 6) is -0.128. The molecule has 0 saturated carbocycles. The van der Waals surface area contributed by atoms with Crippen molar-refractivity contribution in [3.05, 3.63) is 0 Å². The first kappa shape index (κ1) is 15.7. The Bertz CT molecular complexity index is 351. The van der Waals surface area contributed by atoms with Crippen LogP contribution in [0.5, 0.6) is 0 Å². The number of piperidine rings is 1. The van der Waals surface area contributed by atoms with Gasteiger partial charge in [0.25, 0.3) is 0 Å². The van der Waals surface area contributed by atoms with Crippen molar-refractivity contribution in [2.75, 3.05) is 18.8 Å². The number of hydrogen-bond acceptors (Lipinski definition) is 3. The Labute approximate surface area is 105 Å². The summed E-state index contributed by atoms with van der Waals surface area (Å²) in [5, 5.41) is 3.08. The second-order valence-corrected chi connectivity index (χ2v) is 6.63. The normalized spacial score (nSPS) is 23.9. The molecule has 1 aliphatic heterocycles. The van der Waals surface area contributed by atoms with E-state index in [4.69, 9.17) is 0 Å². The highest BCUT2D eigenvalue weighted by atomic mass is 32.2. The highest BCUT2D eigenvalue weighted by Crippen LogP contribution is 2.22. The lowest BCUT2D eigenvalue weighted by Gasteiger charge is -2.23. The molecule has 0 aliphatic carbocycles. The predicted molar refractivity (Wildman–Crippen MR) is 62.7 cm³/mol. The van der Waals surface area contributed by atoms with Crippen LogP contribution in [0.4, 0.5) is 13.2 Å². The molecule has 2 unspecified atom stereocenters. The van der Waals surface area contributed by atoms with Crippen molar-refractivity contribution in [2.45, 2.75) is 38.4 Å². The SMILES string of the molecule is CC(CC(F)(F)F)NS(=O)(=O)CC1CCCNC1. The van der Waals surface area contributed by atoms with Gasteiger partial charge in [0.05, 0.1) is 12.2 Å². The third kappa shape index (κ3) is 6.55. The minimum absolute atomic E-state index is 0.0191. The Morgan fingerprint density at radius 2 is 2.11 bits per heavy atom.